The quantitative estimate of drug-likeness (QED) is 0.858. The van der Waals surface area contributed by atoms with E-state index in [-0.39, 0.29) is 6.10 Å². The molecule has 2 aromatic rings. The van der Waals surface area contributed by atoms with Crippen LogP contribution in [-0.4, -0.2) is 12.6 Å². The lowest BCUT2D eigenvalue weighted by atomic mass is 10.1. The van der Waals surface area contributed by atoms with E-state index in [1.165, 1.54) is 24.0 Å². The number of hydrogen-bond acceptors (Lipinski definition) is 2. The van der Waals surface area contributed by atoms with E-state index in [4.69, 9.17) is 4.74 Å². The van der Waals surface area contributed by atoms with Gasteiger partial charge in [-0.05, 0) is 37.5 Å². The minimum atomic E-state index is 0.0690. The molecule has 0 aromatic heterocycles. The molecule has 0 amide bonds. The van der Waals surface area contributed by atoms with Crippen LogP contribution in [0.2, 0.25) is 0 Å². The van der Waals surface area contributed by atoms with Crippen LogP contribution in [0.1, 0.15) is 30.1 Å². The molecule has 0 aliphatic heterocycles. The SMILES string of the molecule is Cc1ccc(OC(CNC2CC2)c2ccccc2)cc1. The first kappa shape index (κ1) is 13.2. The second-order valence-electron chi connectivity index (χ2n) is 5.51. The molecular weight excluding hydrogens is 246 g/mol. The van der Waals surface area contributed by atoms with Crippen molar-refractivity contribution in [2.45, 2.75) is 31.9 Å². The standard InChI is InChI=1S/C18H21NO/c1-14-7-11-17(12-8-14)20-18(13-19-16-9-10-16)15-5-3-2-4-6-15/h2-8,11-12,16,18-19H,9-10,13H2,1H3. The lowest BCUT2D eigenvalue weighted by Crippen LogP contribution is -2.26. The maximum Gasteiger partial charge on any atom is 0.136 e. The Hall–Kier alpha value is -1.80. The van der Waals surface area contributed by atoms with Crippen LogP contribution in [0.25, 0.3) is 0 Å². The van der Waals surface area contributed by atoms with Gasteiger partial charge in [0.2, 0.25) is 0 Å². The van der Waals surface area contributed by atoms with Crippen molar-refractivity contribution in [2.24, 2.45) is 0 Å². The van der Waals surface area contributed by atoms with Gasteiger partial charge in [-0.25, -0.2) is 0 Å². The fourth-order valence-electron chi connectivity index (χ4n) is 2.24. The summed E-state index contributed by atoms with van der Waals surface area (Å²) in [6.45, 7) is 2.95. The van der Waals surface area contributed by atoms with Gasteiger partial charge in [-0.1, -0.05) is 48.0 Å². The molecule has 2 heteroatoms. The van der Waals surface area contributed by atoms with Gasteiger partial charge in [0.1, 0.15) is 11.9 Å². The van der Waals surface area contributed by atoms with Crippen molar-refractivity contribution in [3.8, 4) is 5.75 Å². The van der Waals surface area contributed by atoms with E-state index in [9.17, 15) is 0 Å². The molecule has 3 rings (SSSR count). The molecule has 0 spiro atoms. The zero-order valence-electron chi connectivity index (χ0n) is 11.9. The van der Waals surface area contributed by atoms with Crippen LogP contribution in [0, 0.1) is 6.92 Å². The Kier molecular flexibility index (Phi) is 4.03. The highest BCUT2D eigenvalue weighted by Gasteiger charge is 2.23. The summed E-state index contributed by atoms with van der Waals surface area (Å²) in [5, 5.41) is 3.56. The Bertz CT molecular complexity index is 531. The molecule has 1 fully saturated rings. The minimum absolute atomic E-state index is 0.0690. The molecule has 1 unspecified atom stereocenters. The lowest BCUT2D eigenvalue weighted by molar-refractivity contribution is 0.201. The summed E-state index contributed by atoms with van der Waals surface area (Å²) >= 11 is 0. The molecule has 1 N–H and O–H groups in total. The summed E-state index contributed by atoms with van der Waals surface area (Å²) in [6.07, 6.45) is 2.66. The summed E-state index contributed by atoms with van der Waals surface area (Å²) in [6, 6.07) is 19.4. The van der Waals surface area contributed by atoms with E-state index in [0.29, 0.717) is 6.04 Å². The second kappa shape index (κ2) is 6.10. The topological polar surface area (TPSA) is 21.3 Å². The molecule has 0 bridgehead atoms. The Morgan fingerprint density at radius 3 is 2.40 bits per heavy atom. The van der Waals surface area contributed by atoms with Crippen molar-refractivity contribution in [3.05, 3.63) is 65.7 Å². The first-order valence-corrected chi connectivity index (χ1v) is 7.33. The number of aryl methyl sites for hydroxylation is 1. The van der Waals surface area contributed by atoms with Crippen LogP contribution >= 0.6 is 0 Å². The number of hydrogen-bond donors (Lipinski definition) is 1. The fourth-order valence-corrected chi connectivity index (χ4v) is 2.24. The molecule has 104 valence electrons. The van der Waals surface area contributed by atoms with Gasteiger partial charge in [-0.15, -0.1) is 0 Å². The molecule has 1 atom stereocenters. The molecule has 2 nitrogen and oxygen atoms in total. The van der Waals surface area contributed by atoms with Crippen LogP contribution in [0.15, 0.2) is 54.6 Å². The Morgan fingerprint density at radius 1 is 1.05 bits per heavy atom. The van der Waals surface area contributed by atoms with Crippen LogP contribution in [0.4, 0.5) is 0 Å². The average molecular weight is 267 g/mol. The van der Waals surface area contributed by atoms with Crippen molar-refractivity contribution >= 4 is 0 Å². The van der Waals surface area contributed by atoms with Crippen LogP contribution in [0.5, 0.6) is 5.75 Å². The monoisotopic (exact) mass is 267 g/mol. The molecule has 2 aromatic carbocycles. The van der Waals surface area contributed by atoms with E-state index >= 15 is 0 Å². The third-order valence-corrected chi connectivity index (χ3v) is 3.64. The number of rotatable bonds is 6. The molecular formula is C18H21NO. The predicted molar refractivity (Wildman–Crippen MR) is 82.0 cm³/mol. The predicted octanol–water partition coefficient (Wildman–Crippen LogP) is 3.87. The maximum atomic E-state index is 6.17. The number of benzene rings is 2. The van der Waals surface area contributed by atoms with E-state index in [2.05, 4.69) is 48.6 Å². The fraction of sp³-hybridized carbons (Fsp3) is 0.333. The van der Waals surface area contributed by atoms with E-state index in [0.717, 1.165) is 12.3 Å². The molecule has 1 saturated carbocycles. The highest BCUT2D eigenvalue weighted by Crippen LogP contribution is 2.24. The number of nitrogens with one attached hydrogen (secondary N) is 1. The zero-order valence-corrected chi connectivity index (χ0v) is 11.9. The van der Waals surface area contributed by atoms with Crippen molar-refractivity contribution in [1.82, 2.24) is 5.32 Å². The second-order valence-corrected chi connectivity index (χ2v) is 5.51. The van der Waals surface area contributed by atoms with Crippen molar-refractivity contribution in [1.29, 1.82) is 0 Å². The van der Waals surface area contributed by atoms with E-state index in [1.54, 1.807) is 0 Å². The van der Waals surface area contributed by atoms with Crippen LogP contribution < -0.4 is 10.1 Å². The molecule has 1 aliphatic carbocycles. The van der Waals surface area contributed by atoms with Crippen LogP contribution in [-0.2, 0) is 0 Å². The number of ether oxygens (including phenoxy) is 1. The molecule has 0 heterocycles. The highest BCUT2D eigenvalue weighted by molar-refractivity contribution is 5.28. The molecule has 20 heavy (non-hydrogen) atoms. The van der Waals surface area contributed by atoms with Crippen molar-refractivity contribution in [3.63, 3.8) is 0 Å². The van der Waals surface area contributed by atoms with Gasteiger partial charge >= 0.3 is 0 Å². The van der Waals surface area contributed by atoms with Gasteiger partial charge in [-0.3, -0.25) is 0 Å². The minimum Gasteiger partial charge on any atom is -0.484 e. The zero-order chi connectivity index (χ0) is 13.8. The van der Waals surface area contributed by atoms with Gasteiger partial charge < -0.3 is 10.1 Å². The Labute approximate surface area is 120 Å². The summed E-state index contributed by atoms with van der Waals surface area (Å²) in [7, 11) is 0. The molecule has 0 radical (unpaired) electrons. The summed E-state index contributed by atoms with van der Waals surface area (Å²) in [5.74, 6) is 0.932. The average Bonchev–Trinajstić information content (AvgIpc) is 3.31. The van der Waals surface area contributed by atoms with Gasteiger partial charge in [0, 0.05) is 12.6 Å². The van der Waals surface area contributed by atoms with Gasteiger partial charge in [0.05, 0.1) is 0 Å². The van der Waals surface area contributed by atoms with E-state index < -0.39 is 0 Å². The van der Waals surface area contributed by atoms with Gasteiger partial charge in [0.15, 0.2) is 0 Å². The van der Waals surface area contributed by atoms with Crippen molar-refractivity contribution in [2.75, 3.05) is 6.54 Å². The van der Waals surface area contributed by atoms with Crippen molar-refractivity contribution < 1.29 is 4.74 Å². The summed E-state index contributed by atoms with van der Waals surface area (Å²) in [4.78, 5) is 0. The Balaban J connectivity index is 1.72. The third-order valence-electron chi connectivity index (χ3n) is 3.64. The van der Waals surface area contributed by atoms with E-state index in [1.807, 2.05) is 18.2 Å². The normalized spacial score (nSPS) is 15.8. The first-order valence-electron chi connectivity index (χ1n) is 7.33. The first-order chi connectivity index (χ1) is 9.81. The largest absolute Gasteiger partial charge is 0.484 e. The highest BCUT2D eigenvalue weighted by atomic mass is 16.5. The maximum absolute atomic E-state index is 6.17. The van der Waals surface area contributed by atoms with Gasteiger partial charge in [0.25, 0.3) is 0 Å². The molecule has 0 saturated heterocycles. The lowest BCUT2D eigenvalue weighted by Gasteiger charge is -2.20. The summed E-state index contributed by atoms with van der Waals surface area (Å²) < 4.78 is 6.17. The molecule has 1 aliphatic rings. The van der Waals surface area contributed by atoms with Crippen LogP contribution in [0.3, 0.4) is 0 Å². The third kappa shape index (κ3) is 3.61. The smallest absolute Gasteiger partial charge is 0.136 e. The van der Waals surface area contributed by atoms with Gasteiger partial charge in [-0.2, -0.15) is 0 Å². The Morgan fingerprint density at radius 2 is 1.75 bits per heavy atom. The summed E-state index contributed by atoms with van der Waals surface area (Å²) in [5.41, 5.74) is 2.48.